The lowest BCUT2D eigenvalue weighted by Gasteiger charge is -2.08. The van der Waals surface area contributed by atoms with Crippen molar-refractivity contribution < 1.29 is 19.7 Å². The summed E-state index contributed by atoms with van der Waals surface area (Å²) < 4.78 is 5.29. The van der Waals surface area contributed by atoms with Crippen LogP contribution in [-0.2, 0) is 6.61 Å². The van der Waals surface area contributed by atoms with Gasteiger partial charge in [0.1, 0.15) is 6.61 Å². The molecule has 0 spiro atoms. The van der Waals surface area contributed by atoms with E-state index in [1.165, 1.54) is 18.2 Å². The average Bonchev–Trinajstić information content (AvgIpc) is 2.46. The van der Waals surface area contributed by atoms with E-state index in [2.05, 4.69) is 0 Å². The van der Waals surface area contributed by atoms with Crippen LogP contribution in [0.3, 0.4) is 0 Å². The Balaban J connectivity index is 2.26. The molecule has 0 saturated carbocycles. The van der Waals surface area contributed by atoms with Crippen molar-refractivity contribution in [3.05, 3.63) is 68.3 Å². The minimum absolute atomic E-state index is 0.0953. The molecule has 0 bridgehead atoms. The summed E-state index contributed by atoms with van der Waals surface area (Å²) in [4.78, 5) is 20.2. The van der Waals surface area contributed by atoms with Gasteiger partial charge < -0.3 is 9.84 Å². The van der Waals surface area contributed by atoms with Crippen LogP contribution in [0.2, 0.25) is 0 Å². The van der Waals surface area contributed by atoms with E-state index >= 15 is 0 Å². The third-order valence-electron chi connectivity index (χ3n) is 2.72. The molecular formula is C13H10N2O6. The number of hydrogen-bond donors (Lipinski definition) is 1. The molecule has 8 heteroatoms. The van der Waals surface area contributed by atoms with Crippen LogP contribution in [0.15, 0.2) is 42.5 Å². The standard InChI is InChI=1S/C13H10N2O6/c16-12-3-1-2-4-13(12)21-8-9-5-6-10(14(17)18)7-11(9)15(19)20/h1-7,16H,8H2. The second-order valence-corrected chi connectivity index (χ2v) is 4.08. The molecule has 0 aliphatic carbocycles. The van der Waals surface area contributed by atoms with Crippen LogP contribution in [0.25, 0.3) is 0 Å². The number of para-hydroxylation sites is 2. The van der Waals surface area contributed by atoms with E-state index in [1.807, 2.05) is 0 Å². The summed E-state index contributed by atoms with van der Waals surface area (Å²) in [5.74, 6) is 0.0761. The third kappa shape index (κ3) is 3.24. The molecule has 0 aliphatic rings. The van der Waals surface area contributed by atoms with Crippen molar-refractivity contribution in [3.63, 3.8) is 0 Å². The first-order valence-corrected chi connectivity index (χ1v) is 5.81. The maximum atomic E-state index is 11.0. The lowest BCUT2D eigenvalue weighted by molar-refractivity contribution is -0.394. The first-order valence-electron chi connectivity index (χ1n) is 5.81. The molecule has 21 heavy (non-hydrogen) atoms. The zero-order chi connectivity index (χ0) is 15.4. The molecule has 2 aromatic carbocycles. The van der Waals surface area contributed by atoms with Gasteiger partial charge in [-0.1, -0.05) is 12.1 Å². The Kier molecular flexibility index (Phi) is 3.98. The number of phenolic OH excluding ortho intramolecular Hbond substituents is 1. The number of non-ortho nitro benzene ring substituents is 1. The van der Waals surface area contributed by atoms with Crippen molar-refractivity contribution in [3.8, 4) is 11.5 Å². The Hall–Kier alpha value is -3.16. The van der Waals surface area contributed by atoms with Crippen LogP contribution < -0.4 is 4.74 Å². The van der Waals surface area contributed by atoms with E-state index in [0.717, 1.165) is 12.1 Å². The highest BCUT2D eigenvalue weighted by Crippen LogP contribution is 2.29. The topological polar surface area (TPSA) is 116 Å². The summed E-state index contributed by atoms with van der Waals surface area (Å²) in [6.45, 7) is -0.189. The molecule has 2 rings (SSSR count). The first-order chi connectivity index (χ1) is 9.99. The monoisotopic (exact) mass is 290 g/mol. The molecule has 108 valence electrons. The number of hydrogen-bond acceptors (Lipinski definition) is 6. The highest BCUT2D eigenvalue weighted by molar-refractivity contribution is 5.49. The molecule has 0 saturated heterocycles. The van der Waals surface area contributed by atoms with Gasteiger partial charge in [0.25, 0.3) is 11.4 Å². The molecule has 0 unspecified atom stereocenters. The van der Waals surface area contributed by atoms with Gasteiger partial charge in [0.2, 0.25) is 0 Å². The largest absolute Gasteiger partial charge is 0.504 e. The highest BCUT2D eigenvalue weighted by Gasteiger charge is 2.19. The van der Waals surface area contributed by atoms with Crippen molar-refractivity contribution in [1.29, 1.82) is 0 Å². The van der Waals surface area contributed by atoms with Gasteiger partial charge in [-0.2, -0.15) is 0 Å². The fourth-order valence-electron chi connectivity index (χ4n) is 1.69. The van der Waals surface area contributed by atoms with Crippen molar-refractivity contribution >= 4 is 11.4 Å². The van der Waals surface area contributed by atoms with Gasteiger partial charge in [-0.3, -0.25) is 20.2 Å². The number of nitro groups is 2. The Morgan fingerprint density at radius 2 is 1.76 bits per heavy atom. The molecular weight excluding hydrogens is 280 g/mol. The molecule has 8 nitrogen and oxygen atoms in total. The van der Waals surface area contributed by atoms with Crippen LogP contribution in [0.5, 0.6) is 11.5 Å². The molecule has 2 aromatic rings. The SMILES string of the molecule is O=[N+]([O-])c1ccc(COc2ccccc2O)c([N+](=O)[O-])c1. The summed E-state index contributed by atoms with van der Waals surface area (Å²) in [5.41, 5.74) is -0.596. The zero-order valence-electron chi connectivity index (χ0n) is 10.6. The number of ether oxygens (including phenoxy) is 1. The average molecular weight is 290 g/mol. The van der Waals surface area contributed by atoms with Crippen LogP contribution >= 0.6 is 0 Å². The van der Waals surface area contributed by atoms with E-state index in [0.29, 0.717) is 0 Å². The van der Waals surface area contributed by atoms with Crippen molar-refractivity contribution in [2.75, 3.05) is 0 Å². The molecule has 0 aliphatic heterocycles. The van der Waals surface area contributed by atoms with Crippen molar-refractivity contribution in [1.82, 2.24) is 0 Å². The van der Waals surface area contributed by atoms with E-state index in [1.54, 1.807) is 12.1 Å². The predicted octanol–water partition coefficient (Wildman–Crippen LogP) is 2.79. The molecule has 0 aromatic heterocycles. The molecule has 0 radical (unpaired) electrons. The van der Waals surface area contributed by atoms with Crippen molar-refractivity contribution in [2.45, 2.75) is 6.61 Å². The summed E-state index contributed by atoms with van der Waals surface area (Å²) in [6.07, 6.45) is 0. The first kappa shape index (κ1) is 14.3. The summed E-state index contributed by atoms with van der Waals surface area (Å²) in [6, 6.07) is 9.47. The van der Waals surface area contributed by atoms with E-state index in [9.17, 15) is 25.3 Å². The Bertz CT molecular complexity index is 701. The normalized spacial score (nSPS) is 10.1. The molecule has 1 N–H and O–H groups in total. The van der Waals surface area contributed by atoms with Gasteiger partial charge in [0.15, 0.2) is 11.5 Å². The van der Waals surface area contributed by atoms with Crippen LogP contribution in [0, 0.1) is 20.2 Å². The number of rotatable bonds is 5. The van der Waals surface area contributed by atoms with Crippen LogP contribution in [0.4, 0.5) is 11.4 Å². The van der Waals surface area contributed by atoms with Crippen LogP contribution in [-0.4, -0.2) is 15.0 Å². The van der Waals surface area contributed by atoms with Gasteiger partial charge in [-0.25, -0.2) is 0 Å². The lowest BCUT2D eigenvalue weighted by atomic mass is 10.1. The lowest BCUT2D eigenvalue weighted by Crippen LogP contribution is -2.02. The number of nitro benzene ring substituents is 2. The summed E-state index contributed by atoms with van der Waals surface area (Å²) in [7, 11) is 0. The Morgan fingerprint density at radius 3 is 2.38 bits per heavy atom. The minimum atomic E-state index is -0.712. The Morgan fingerprint density at radius 1 is 1.05 bits per heavy atom. The fraction of sp³-hybridized carbons (Fsp3) is 0.0769. The third-order valence-corrected chi connectivity index (χ3v) is 2.72. The number of benzene rings is 2. The van der Waals surface area contributed by atoms with E-state index in [-0.39, 0.29) is 29.4 Å². The molecule has 0 heterocycles. The zero-order valence-corrected chi connectivity index (χ0v) is 10.6. The maximum absolute atomic E-state index is 11.0. The summed E-state index contributed by atoms with van der Waals surface area (Å²) in [5, 5.41) is 31.1. The molecule has 0 atom stereocenters. The fourth-order valence-corrected chi connectivity index (χ4v) is 1.69. The second kappa shape index (κ2) is 5.87. The van der Waals surface area contributed by atoms with Gasteiger partial charge in [0.05, 0.1) is 21.5 Å². The quantitative estimate of drug-likeness (QED) is 0.668. The van der Waals surface area contributed by atoms with Gasteiger partial charge in [-0.15, -0.1) is 0 Å². The maximum Gasteiger partial charge on any atom is 0.282 e. The molecule has 0 fully saturated rings. The van der Waals surface area contributed by atoms with Gasteiger partial charge in [-0.05, 0) is 18.2 Å². The van der Waals surface area contributed by atoms with Crippen LogP contribution in [0.1, 0.15) is 5.56 Å². The van der Waals surface area contributed by atoms with E-state index < -0.39 is 15.5 Å². The van der Waals surface area contributed by atoms with Gasteiger partial charge in [0, 0.05) is 6.07 Å². The number of aromatic hydroxyl groups is 1. The highest BCUT2D eigenvalue weighted by atomic mass is 16.6. The van der Waals surface area contributed by atoms with Gasteiger partial charge >= 0.3 is 0 Å². The minimum Gasteiger partial charge on any atom is -0.504 e. The van der Waals surface area contributed by atoms with Crippen molar-refractivity contribution in [2.24, 2.45) is 0 Å². The predicted molar refractivity (Wildman–Crippen MR) is 72.2 cm³/mol. The molecule has 0 amide bonds. The summed E-state index contributed by atoms with van der Waals surface area (Å²) >= 11 is 0. The Labute approximate surface area is 118 Å². The number of phenols is 1. The number of nitrogens with zero attached hydrogens (tertiary/aromatic N) is 2. The smallest absolute Gasteiger partial charge is 0.282 e. The van der Waals surface area contributed by atoms with E-state index in [4.69, 9.17) is 4.74 Å². The second-order valence-electron chi connectivity index (χ2n) is 4.08.